The first-order valence-corrected chi connectivity index (χ1v) is 7.96. The summed E-state index contributed by atoms with van der Waals surface area (Å²) < 4.78 is 1.08. The highest BCUT2D eigenvalue weighted by atomic mass is 79.9. The van der Waals surface area contributed by atoms with E-state index in [9.17, 15) is 4.79 Å². The van der Waals surface area contributed by atoms with Crippen molar-refractivity contribution in [2.45, 2.75) is 38.5 Å². The molecule has 20 heavy (non-hydrogen) atoms. The van der Waals surface area contributed by atoms with Crippen LogP contribution in [-0.4, -0.2) is 12.5 Å². The Morgan fingerprint density at radius 2 is 2.05 bits per heavy atom. The summed E-state index contributed by atoms with van der Waals surface area (Å²) in [7, 11) is 0. The van der Waals surface area contributed by atoms with Crippen molar-refractivity contribution in [2.75, 3.05) is 6.54 Å². The summed E-state index contributed by atoms with van der Waals surface area (Å²) in [5.41, 5.74) is 1.18. The smallest absolute Gasteiger partial charge is 0.220 e. The third kappa shape index (κ3) is 4.20. The molecule has 1 aromatic carbocycles. The molecule has 0 heterocycles. The normalized spacial score (nSPS) is 18.2. The van der Waals surface area contributed by atoms with Gasteiger partial charge in [-0.1, -0.05) is 54.1 Å². The average molecular weight is 336 g/mol. The highest BCUT2D eigenvalue weighted by Gasteiger charge is 2.22. The molecule has 0 radical (unpaired) electrons. The monoisotopic (exact) mass is 335 g/mol. The zero-order valence-corrected chi connectivity index (χ0v) is 13.7. The van der Waals surface area contributed by atoms with Crippen molar-refractivity contribution < 1.29 is 4.79 Å². The molecule has 1 amide bonds. The predicted octanol–water partition coefficient (Wildman–Crippen LogP) is 4.20. The summed E-state index contributed by atoms with van der Waals surface area (Å²) in [6, 6.07) is 8.30. The number of amides is 1. The van der Waals surface area contributed by atoms with E-state index in [0.717, 1.165) is 17.3 Å². The summed E-state index contributed by atoms with van der Waals surface area (Å²) in [4.78, 5) is 12.0. The highest BCUT2D eigenvalue weighted by molar-refractivity contribution is 9.10. The number of halogens is 1. The lowest BCUT2D eigenvalue weighted by Gasteiger charge is -2.26. The maximum absolute atomic E-state index is 12.0. The molecular weight excluding hydrogens is 314 g/mol. The van der Waals surface area contributed by atoms with Crippen molar-refractivity contribution >= 4 is 21.8 Å². The Morgan fingerprint density at radius 1 is 1.35 bits per heavy atom. The quantitative estimate of drug-likeness (QED) is 0.802. The largest absolute Gasteiger partial charge is 0.355 e. The molecule has 1 aliphatic rings. The molecule has 1 atom stereocenters. The number of carbonyl (C=O) groups excluding carboxylic acids is 1. The molecule has 2 nitrogen and oxygen atoms in total. The second-order valence-electron chi connectivity index (χ2n) is 6.14. The fourth-order valence-electron chi connectivity index (χ4n) is 2.50. The Bertz CT molecular complexity index is 490. The minimum Gasteiger partial charge on any atom is -0.355 e. The summed E-state index contributed by atoms with van der Waals surface area (Å²) in [5.74, 6) is 0.595. The summed E-state index contributed by atoms with van der Waals surface area (Å²) in [6.45, 7) is 4.99. The second-order valence-corrected chi connectivity index (χ2v) is 7.05. The number of nitrogens with one attached hydrogen (secondary N) is 1. The minimum atomic E-state index is -0.0537. The Balaban J connectivity index is 1.86. The molecule has 3 heteroatoms. The number of allylic oxidation sites excluding steroid dienone is 2. The number of hydrogen-bond acceptors (Lipinski definition) is 1. The molecule has 0 aromatic heterocycles. The van der Waals surface area contributed by atoms with E-state index in [-0.39, 0.29) is 11.3 Å². The third-order valence-corrected chi connectivity index (χ3v) is 4.44. The Kier molecular flexibility index (Phi) is 5.03. The molecule has 0 bridgehead atoms. The molecule has 108 valence electrons. The zero-order valence-electron chi connectivity index (χ0n) is 12.2. The lowest BCUT2D eigenvalue weighted by atomic mass is 9.84. The van der Waals surface area contributed by atoms with Gasteiger partial charge < -0.3 is 5.32 Å². The van der Waals surface area contributed by atoms with Gasteiger partial charge >= 0.3 is 0 Å². The van der Waals surface area contributed by atoms with E-state index in [0.29, 0.717) is 18.9 Å². The molecule has 0 saturated carbocycles. The number of benzene rings is 1. The summed E-state index contributed by atoms with van der Waals surface area (Å²) in [5, 5.41) is 3.08. The first-order chi connectivity index (χ1) is 9.47. The lowest BCUT2D eigenvalue weighted by molar-refractivity contribution is -0.121. The van der Waals surface area contributed by atoms with Gasteiger partial charge in [-0.3, -0.25) is 4.79 Å². The minimum absolute atomic E-state index is 0.0537. The van der Waals surface area contributed by atoms with E-state index in [1.807, 2.05) is 12.1 Å². The first kappa shape index (κ1) is 15.3. The molecule has 0 fully saturated rings. The second kappa shape index (κ2) is 6.57. The summed E-state index contributed by atoms with van der Waals surface area (Å²) in [6.07, 6.45) is 7.18. The molecule has 0 spiro atoms. The van der Waals surface area contributed by atoms with E-state index in [4.69, 9.17) is 0 Å². The predicted molar refractivity (Wildman–Crippen MR) is 86.7 cm³/mol. The SMILES string of the molecule is CC(C)(CNC(=O)CC1C=CCC1)c1ccc(Br)cc1. The van der Waals surface area contributed by atoms with Gasteiger partial charge in [0.1, 0.15) is 0 Å². The van der Waals surface area contributed by atoms with Gasteiger partial charge in [-0.15, -0.1) is 0 Å². The van der Waals surface area contributed by atoms with Crippen LogP contribution in [0.4, 0.5) is 0 Å². The molecule has 1 aliphatic carbocycles. The van der Waals surface area contributed by atoms with Gasteiger partial charge in [0.2, 0.25) is 5.91 Å². The fourth-order valence-corrected chi connectivity index (χ4v) is 2.76. The van der Waals surface area contributed by atoms with Crippen molar-refractivity contribution in [1.29, 1.82) is 0 Å². The molecule has 0 saturated heterocycles. The van der Waals surface area contributed by atoms with Crippen LogP contribution in [0.15, 0.2) is 40.9 Å². The van der Waals surface area contributed by atoms with Crippen molar-refractivity contribution in [3.63, 3.8) is 0 Å². The van der Waals surface area contributed by atoms with Gasteiger partial charge in [-0.2, -0.15) is 0 Å². The maximum atomic E-state index is 12.0. The Labute approximate surface area is 129 Å². The van der Waals surface area contributed by atoms with Crippen molar-refractivity contribution in [3.05, 3.63) is 46.5 Å². The van der Waals surface area contributed by atoms with Gasteiger partial charge in [0, 0.05) is 22.9 Å². The van der Waals surface area contributed by atoms with Gasteiger partial charge in [0.15, 0.2) is 0 Å². The van der Waals surface area contributed by atoms with E-state index >= 15 is 0 Å². The highest BCUT2D eigenvalue weighted by Crippen LogP contribution is 2.24. The van der Waals surface area contributed by atoms with Crippen LogP contribution in [0.1, 0.15) is 38.7 Å². The maximum Gasteiger partial charge on any atom is 0.220 e. The lowest BCUT2D eigenvalue weighted by Crippen LogP contribution is -2.37. The van der Waals surface area contributed by atoms with Crippen LogP contribution in [0.25, 0.3) is 0 Å². The van der Waals surface area contributed by atoms with Crippen LogP contribution < -0.4 is 5.32 Å². The van der Waals surface area contributed by atoms with Crippen LogP contribution in [0.3, 0.4) is 0 Å². The van der Waals surface area contributed by atoms with E-state index < -0.39 is 0 Å². The van der Waals surface area contributed by atoms with Crippen molar-refractivity contribution in [3.8, 4) is 0 Å². The van der Waals surface area contributed by atoms with E-state index in [1.54, 1.807) is 0 Å². The zero-order chi connectivity index (χ0) is 14.6. The van der Waals surface area contributed by atoms with Gasteiger partial charge in [0.25, 0.3) is 0 Å². The van der Waals surface area contributed by atoms with Crippen LogP contribution >= 0.6 is 15.9 Å². The molecule has 1 unspecified atom stereocenters. The first-order valence-electron chi connectivity index (χ1n) is 7.17. The van der Waals surface area contributed by atoms with Crippen LogP contribution in [-0.2, 0) is 10.2 Å². The molecular formula is C17H22BrNO. The topological polar surface area (TPSA) is 29.1 Å². The van der Waals surface area contributed by atoms with E-state index in [2.05, 4.69) is 59.4 Å². The average Bonchev–Trinajstić information content (AvgIpc) is 2.90. The van der Waals surface area contributed by atoms with Crippen LogP contribution in [0, 0.1) is 5.92 Å². The fraction of sp³-hybridized carbons (Fsp3) is 0.471. The standard InChI is InChI=1S/C17H22BrNO/c1-17(2,14-7-9-15(18)10-8-14)12-19-16(20)11-13-5-3-4-6-13/h3,5,7-10,13H,4,6,11-12H2,1-2H3,(H,19,20). The number of hydrogen-bond donors (Lipinski definition) is 1. The van der Waals surface area contributed by atoms with Crippen molar-refractivity contribution in [2.24, 2.45) is 5.92 Å². The molecule has 1 aromatic rings. The van der Waals surface area contributed by atoms with Crippen molar-refractivity contribution in [1.82, 2.24) is 5.32 Å². The molecule has 1 N–H and O–H groups in total. The number of rotatable bonds is 5. The van der Waals surface area contributed by atoms with Gasteiger partial charge in [0.05, 0.1) is 0 Å². The van der Waals surface area contributed by atoms with E-state index in [1.165, 1.54) is 5.56 Å². The third-order valence-electron chi connectivity index (χ3n) is 3.91. The van der Waals surface area contributed by atoms with Crippen LogP contribution in [0.2, 0.25) is 0 Å². The Morgan fingerprint density at radius 3 is 2.65 bits per heavy atom. The Hall–Kier alpha value is -1.09. The number of carbonyl (C=O) groups is 1. The van der Waals surface area contributed by atoms with Gasteiger partial charge in [-0.05, 0) is 36.5 Å². The van der Waals surface area contributed by atoms with Crippen LogP contribution in [0.5, 0.6) is 0 Å². The molecule has 2 rings (SSSR count). The van der Waals surface area contributed by atoms with Gasteiger partial charge in [-0.25, -0.2) is 0 Å². The molecule has 0 aliphatic heterocycles. The summed E-state index contributed by atoms with van der Waals surface area (Å²) >= 11 is 3.45.